The molecule has 2 aromatic carbocycles. The van der Waals surface area contributed by atoms with E-state index in [2.05, 4.69) is 5.32 Å². The molecule has 1 fully saturated rings. The lowest BCUT2D eigenvalue weighted by Crippen LogP contribution is -2.46. The smallest absolute Gasteiger partial charge is 0.410 e. The van der Waals surface area contributed by atoms with E-state index in [1.54, 1.807) is 17.0 Å². The van der Waals surface area contributed by atoms with Crippen molar-refractivity contribution in [1.29, 1.82) is 0 Å². The largest absolute Gasteiger partial charge is 0.445 e. The Morgan fingerprint density at radius 3 is 2.25 bits per heavy atom. The molecule has 2 amide bonds. The summed E-state index contributed by atoms with van der Waals surface area (Å²) in [7, 11) is 0. The lowest BCUT2D eigenvalue weighted by molar-refractivity contribution is 0.0809. The van der Waals surface area contributed by atoms with Gasteiger partial charge < -0.3 is 20.7 Å². The predicted octanol–water partition coefficient (Wildman–Crippen LogP) is 3.10. The number of ether oxygens (including phenoxy) is 1. The minimum Gasteiger partial charge on any atom is -0.445 e. The van der Waals surface area contributed by atoms with Gasteiger partial charge in [-0.3, -0.25) is 4.79 Å². The van der Waals surface area contributed by atoms with Crippen LogP contribution in [0.2, 0.25) is 0 Å². The zero-order chi connectivity index (χ0) is 19.1. The van der Waals surface area contributed by atoms with E-state index in [9.17, 15) is 9.59 Å². The maximum atomic E-state index is 12.3. The third-order valence-electron chi connectivity index (χ3n) is 4.75. The average molecular weight is 404 g/mol. The number of hydrogen-bond donors (Lipinski definition) is 2. The van der Waals surface area contributed by atoms with Gasteiger partial charge >= 0.3 is 6.09 Å². The predicted molar refractivity (Wildman–Crippen MR) is 110 cm³/mol. The number of nitrogens with zero attached hydrogens (tertiary/aromatic N) is 1. The van der Waals surface area contributed by atoms with Crippen LogP contribution in [-0.4, -0.2) is 36.0 Å². The number of carbonyl (C=O) groups excluding carboxylic acids is 2. The van der Waals surface area contributed by atoms with Gasteiger partial charge in [0.1, 0.15) is 6.61 Å². The van der Waals surface area contributed by atoms with Crippen molar-refractivity contribution in [2.45, 2.75) is 32.0 Å². The first kappa shape index (κ1) is 21.7. The number of amides is 2. The molecule has 0 bridgehead atoms. The van der Waals surface area contributed by atoms with Crippen molar-refractivity contribution in [1.82, 2.24) is 10.2 Å². The van der Waals surface area contributed by atoms with Gasteiger partial charge in [-0.1, -0.05) is 42.5 Å². The van der Waals surface area contributed by atoms with E-state index in [-0.39, 0.29) is 37.1 Å². The molecule has 1 aliphatic heterocycles. The number of nitrogens with two attached hydrogens (primary N) is 1. The quantitative estimate of drug-likeness (QED) is 0.803. The van der Waals surface area contributed by atoms with Crippen LogP contribution in [-0.2, 0) is 17.9 Å². The fraction of sp³-hybridized carbons (Fsp3) is 0.333. The molecule has 1 heterocycles. The number of piperidine rings is 1. The van der Waals surface area contributed by atoms with Crippen LogP contribution in [0.3, 0.4) is 0 Å². The summed E-state index contributed by atoms with van der Waals surface area (Å²) in [6.45, 7) is 1.88. The second kappa shape index (κ2) is 10.7. The number of likely N-dealkylation sites (tertiary alicyclic amines) is 1. The first-order valence-corrected chi connectivity index (χ1v) is 9.21. The number of halogens is 1. The van der Waals surface area contributed by atoms with Crippen LogP contribution in [0.15, 0.2) is 54.6 Å². The van der Waals surface area contributed by atoms with Gasteiger partial charge in [-0.05, 0) is 36.1 Å². The molecule has 0 saturated carbocycles. The summed E-state index contributed by atoms with van der Waals surface area (Å²) < 4.78 is 5.36. The molecule has 6 nitrogen and oxygen atoms in total. The van der Waals surface area contributed by atoms with E-state index in [0.717, 1.165) is 11.1 Å². The molecule has 0 aliphatic carbocycles. The lowest BCUT2D eigenvalue weighted by Gasteiger charge is -2.31. The Morgan fingerprint density at radius 2 is 1.64 bits per heavy atom. The van der Waals surface area contributed by atoms with Gasteiger partial charge in [0.25, 0.3) is 5.91 Å². The summed E-state index contributed by atoms with van der Waals surface area (Å²) in [5.41, 5.74) is 8.16. The Balaban J connectivity index is 0.00000280. The summed E-state index contributed by atoms with van der Waals surface area (Å²) in [5, 5.41) is 3.04. The monoisotopic (exact) mass is 403 g/mol. The minimum absolute atomic E-state index is 0. The molecule has 2 aromatic rings. The standard InChI is InChI=1S/C21H25N3O3.ClH/c22-14-16-6-8-18(9-7-16)20(25)23-19-10-12-24(13-11-19)21(26)27-15-17-4-2-1-3-5-17;/h1-9,19H,10-15,22H2,(H,23,25);1H. The molecule has 0 unspecified atom stereocenters. The Hall–Kier alpha value is -2.57. The minimum atomic E-state index is -0.305. The molecule has 0 aromatic heterocycles. The SMILES string of the molecule is Cl.NCc1ccc(C(=O)NC2CCN(C(=O)OCc3ccccc3)CC2)cc1. The second-order valence-electron chi connectivity index (χ2n) is 6.68. The Labute approximate surface area is 171 Å². The summed E-state index contributed by atoms with van der Waals surface area (Å²) in [4.78, 5) is 26.2. The first-order valence-electron chi connectivity index (χ1n) is 9.21. The van der Waals surface area contributed by atoms with Crippen molar-refractivity contribution >= 4 is 24.4 Å². The Kier molecular flexibility index (Phi) is 8.29. The van der Waals surface area contributed by atoms with E-state index in [0.29, 0.717) is 38.0 Å². The Bertz CT molecular complexity index is 760. The van der Waals surface area contributed by atoms with Gasteiger partial charge in [0.15, 0.2) is 0 Å². The molecule has 0 atom stereocenters. The molecule has 0 radical (unpaired) electrons. The number of hydrogen-bond acceptors (Lipinski definition) is 4. The molecule has 3 N–H and O–H groups in total. The van der Waals surface area contributed by atoms with Crippen molar-refractivity contribution in [3.63, 3.8) is 0 Å². The highest BCUT2D eigenvalue weighted by Gasteiger charge is 2.25. The summed E-state index contributed by atoms with van der Waals surface area (Å²) in [5.74, 6) is -0.0938. The van der Waals surface area contributed by atoms with Crippen LogP contribution < -0.4 is 11.1 Å². The van der Waals surface area contributed by atoms with E-state index < -0.39 is 0 Å². The van der Waals surface area contributed by atoms with Crippen LogP contribution in [0.4, 0.5) is 4.79 Å². The topological polar surface area (TPSA) is 84.7 Å². The molecule has 3 rings (SSSR count). The molecule has 150 valence electrons. The third kappa shape index (κ3) is 5.97. The van der Waals surface area contributed by atoms with E-state index in [1.165, 1.54) is 0 Å². The van der Waals surface area contributed by atoms with Crippen molar-refractivity contribution in [2.24, 2.45) is 5.73 Å². The van der Waals surface area contributed by atoms with Crippen LogP contribution in [0, 0.1) is 0 Å². The maximum absolute atomic E-state index is 12.3. The molecule has 1 saturated heterocycles. The highest BCUT2D eigenvalue weighted by atomic mass is 35.5. The van der Waals surface area contributed by atoms with E-state index in [1.807, 2.05) is 42.5 Å². The van der Waals surface area contributed by atoms with E-state index in [4.69, 9.17) is 10.5 Å². The van der Waals surface area contributed by atoms with Gasteiger partial charge in [-0.15, -0.1) is 12.4 Å². The first-order chi connectivity index (χ1) is 13.2. The molecule has 1 aliphatic rings. The van der Waals surface area contributed by atoms with Gasteiger partial charge in [0, 0.05) is 31.2 Å². The number of rotatable bonds is 5. The normalized spacial score (nSPS) is 14.1. The fourth-order valence-corrected chi connectivity index (χ4v) is 3.08. The molecule has 28 heavy (non-hydrogen) atoms. The van der Waals surface area contributed by atoms with Gasteiger partial charge in [0.05, 0.1) is 0 Å². The van der Waals surface area contributed by atoms with Crippen LogP contribution in [0.25, 0.3) is 0 Å². The molecule has 0 spiro atoms. The fourth-order valence-electron chi connectivity index (χ4n) is 3.08. The van der Waals surface area contributed by atoms with Gasteiger partial charge in [-0.25, -0.2) is 4.79 Å². The zero-order valence-electron chi connectivity index (χ0n) is 15.7. The highest BCUT2D eigenvalue weighted by Crippen LogP contribution is 2.14. The van der Waals surface area contributed by atoms with Gasteiger partial charge in [-0.2, -0.15) is 0 Å². The highest BCUT2D eigenvalue weighted by molar-refractivity contribution is 5.94. The van der Waals surface area contributed by atoms with E-state index >= 15 is 0 Å². The molecular formula is C21H26ClN3O3. The number of carbonyl (C=O) groups is 2. The number of benzene rings is 2. The van der Waals surface area contributed by atoms with Crippen LogP contribution in [0.5, 0.6) is 0 Å². The van der Waals surface area contributed by atoms with Crippen molar-refractivity contribution in [3.05, 3.63) is 71.3 Å². The summed E-state index contributed by atoms with van der Waals surface area (Å²) in [6.07, 6.45) is 1.13. The van der Waals surface area contributed by atoms with Crippen molar-refractivity contribution < 1.29 is 14.3 Å². The average Bonchev–Trinajstić information content (AvgIpc) is 2.73. The number of nitrogens with one attached hydrogen (secondary N) is 1. The summed E-state index contributed by atoms with van der Waals surface area (Å²) >= 11 is 0. The molecule has 7 heteroatoms. The third-order valence-corrected chi connectivity index (χ3v) is 4.75. The second-order valence-corrected chi connectivity index (χ2v) is 6.68. The maximum Gasteiger partial charge on any atom is 0.410 e. The van der Waals surface area contributed by atoms with Crippen molar-refractivity contribution in [2.75, 3.05) is 13.1 Å². The van der Waals surface area contributed by atoms with Crippen LogP contribution in [0.1, 0.15) is 34.3 Å². The van der Waals surface area contributed by atoms with Crippen LogP contribution >= 0.6 is 12.4 Å². The zero-order valence-corrected chi connectivity index (χ0v) is 16.5. The van der Waals surface area contributed by atoms with Gasteiger partial charge in [0.2, 0.25) is 0 Å². The lowest BCUT2D eigenvalue weighted by atomic mass is 10.0. The Morgan fingerprint density at radius 1 is 1.00 bits per heavy atom. The van der Waals surface area contributed by atoms with Crippen molar-refractivity contribution in [3.8, 4) is 0 Å². The summed E-state index contributed by atoms with van der Waals surface area (Å²) in [6, 6.07) is 17.0. The molecular weight excluding hydrogens is 378 g/mol.